The third-order valence-corrected chi connectivity index (χ3v) is 5.04. The van der Waals surface area contributed by atoms with Gasteiger partial charge in [-0.15, -0.1) is 0 Å². The molecule has 0 radical (unpaired) electrons. The molecule has 110 valence electrons. The second kappa shape index (κ2) is 6.71. The molecule has 1 saturated carbocycles. The summed E-state index contributed by atoms with van der Waals surface area (Å²) in [6.45, 7) is 3.98. The number of hydrogen-bond acceptors (Lipinski definition) is 3. The molecule has 2 aliphatic rings. The monoisotopic (exact) mass is 268 g/mol. The molecule has 4 nitrogen and oxygen atoms in total. The van der Waals surface area contributed by atoms with Gasteiger partial charge in [0.2, 0.25) is 5.91 Å². The average Bonchev–Trinajstić information content (AvgIpc) is 2.94. The van der Waals surface area contributed by atoms with Gasteiger partial charge >= 0.3 is 0 Å². The summed E-state index contributed by atoms with van der Waals surface area (Å²) in [5.74, 6) is 0.799. The number of nitrogens with one attached hydrogen (secondary N) is 2. The molecular formula is C15H28N2O2. The van der Waals surface area contributed by atoms with E-state index in [1.165, 1.54) is 19.3 Å². The van der Waals surface area contributed by atoms with E-state index in [9.17, 15) is 9.90 Å². The number of amides is 1. The van der Waals surface area contributed by atoms with Gasteiger partial charge in [-0.25, -0.2) is 0 Å². The molecule has 1 aliphatic carbocycles. The van der Waals surface area contributed by atoms with Gasteiger partial charge in [-0.3, -0.25) is 4.79 Å². The van der Waals surface area contributed by atoms with Gasteiger partial charge in [0.1, 0.15) is 0 Å². The molecule has 0 spiro atoms. The van der Waals surface area contributed by atoms with Crippen LogP contribution in [0.3, 0.4) is 0 Å². The van der Waals surface area contributed by atoms with Crippen LogP contribution in [0.2, 0.25) is 0 Å². The van der Waals surface area contributed by atoms with Crippen molar-refractivity contribution in [1.82, 2.24) is 10.6 Å². The molecule has 3 N–H and O–H groups in total. The molecule has 1 heterocycles. The quantitative estimate of drug-likeness (QED) is 0.707. The Morgan fingerprint density at radius 1 is 1.42 bits per heavy atom. The fraction of sp³-hybridized carbons (Fsp3) is 0.933. The second-order valence-electron chi connectivity index (χ2n) is 6.39. The van der Waals surface area contributed by atoms with Gasteiger partial charge in [0.25, 0.3) is 0 Å². The first-order chi connectivity index (χ1) is 9.19. The maximum absolute atomic E-state index is 12.2. The number of aliphatic hydroxyl groups is 1. The van der Waals surface area contributed by atoms with Crippen LogP contribution in [0.25, 0.3) is 0 Å². The van der Waals surface area contributed by atoms with E-state index in [4.69, 9.17) is 0 Å². The smallest absolute Gasteiger partial charge is 0.237 e. The number of piperidine rings is 1. The Kier molecular flexibility index (Phi) is 5.22. The Morgan fingerprint density at radius 3 is 2.79 bits per heavy atom. The summed E-state index contributed by atoms with van der Waals surface area (Å²) < 4.78 is 0. The topological polar surface area (TPSA) is 61.4 Å². The van der Waals surface area contributed by atoms with Crippen molar-refractivity contribution in [1.29, 1.82) is 0 Å². The first kappa shape index (κ1) is 14.8. The van der Waals surface area contributed by atoms with Crippen LogP contribution in [-0.4, -0.2) is 36.8 Å². The second-order valence-corrected chi connectivity index (χ2v) is 6.39. The van der Waals surface area contributed by atoms with Crippen molar-refractivity contribution < 1.29 is 9.90 Å². The number of carbonyl (C=O) groups is 1. The van der Waals surface area contributed by atoms with Crippen molar-refractivity contribution in [3.63, 3.8) is 0 Å². The fourth-order valence-corrected chi connectivity index (χ4v) is 3.48. The third-order valence-electron chi connectivity index (χ3n) is 5.04. The summed E-state index contributed by atoms with van der Waals surface area (Å²) in [6, 6.07) is -0.0316. The van der Waals surface area contributed by atoms with Gasteiger partial charge in [0, 0.05) is 12.0 Å². The Hall–Kier alpha value is -0.610. The molecular weight excluding hydrogens is 240 g/mol. The molecule has 2 atom stereocenters. The number of hydrogen-bond donors (Lipinski definition) is 3. The molecule has 19 heavy (non-hydrogen) atoms. The molecule has 2 rings (SSSR count). The first-order valence-electron chi connectivity index (χ1n) is 7.81. The van der Waals surface area contributed by atoms with Crippen LogP contribution >= 0.6 is 0 Å². The zero-order valence-corrected chi connectivity index (χ0v) is 12.1. The highest BCUT2D eigenvalue weighted by Gasteiger charge is 2.34. The van der Waals surface area contributed by atoms with Crippen LogP contribution in [0.1, 0.15) is 51.9 Å². The predicted octanol–water partition coefficient (Wildman–Crippen LogP) is 1.43. The first-order valence-corrected chi connectivity index (χ1v) is 7.81. The van der Waals surface area contributed by atoms with Crippen molar-refractivity contribution in [2.45, 2.75) is 57.9 Å². The van der Waals surface area contributed by atoms with E-state index >= 15 is 0 Å². The highest BCUT2D eigenvalue weighted by molar-refractivity contribution is 5.81. The minimum Gasteiger partial charge on any atom is -0.396 e. The van der Waals surface area contributed by atoms with E-state index in [1.807, 2.05) is 0 Å². The lowest BCUT2D eigenvalue weighted by Crippen LogP contribution is -2.51. The standard InChI is InChI=1S/C15H28N2O2/c1-2-12-5-8-16-13(9-12)14(19)17-10-15(11-18)6-3-4-7-15/h12-13,16,18H,2-11H2,1H3,(H,17,19). The van der Waals surface area contributed by atoms with Crippen molar-refractivity contribution in [3.05, 3.63) is 0 Å². The fourth-order valence-electron chi connectivity index (χ4n) is 3.48. The summed E-state index contributed by atoms with van der Waals surface area (Å²) >= 11 is 0. The lowest BCUT2D eigenvalue weighted by atomic mass is 9.86. The van der Waals surface area contributed by atoms with Crippen LogP contribution < -0.4 is 10.6 Å². The zero-order valence-electron chi connectivity index (χ0n) is 12.1. The molecule has 2 unspecified atom stereocenters. The van der Waals surface area contributed by atoms with E-state index in [2.05, 4.69) is 17.6 Å². The minimum atomic E-state index is -0.0471. The normalized spacial score (nSPS) is 30.2. The van der Waals surface area contributed by atoms with Crippen molar-refractivity contribution in [2.75, 3.05) is 19.7 Å². The van der Waals surface area contributed by atoms with Gasteiger partial charge in [0.05, 0.1) is 12.6 Å². The number of carbonyl (C=O) groups excluding carboxylic acids is 1. The van der Waals surface area contributed by atoms with Gasteiger partial charge in [0.15, 0.2) is 0 Å². The van der Waals surface area contributed by atoms with Gasteiger partial charge in [-0.2, -0.15) is 0 Å². The minimum absolute atomic E-state index is 0.0316. The summed E-state index contributed by atoms with van der Waals surface area (Å²) in [6.07, 6.45) is 7.73. The highest BCUT2D eigenvalue weighted by atomic mass is 16.3. The SMILES string of the molecule is CCC1CCNC(C(=O)NCC2(CO)CCCC2)C1. The van der Waals surface area contributed by atoms with Crippen LogP contribution in [0.4, 0.5) is 0 Å². The number of rotatable bonds is 5. The number of aliphatic hydroxyl groups excluding tert-OH is 1. The molecule has 2 fully saturated rings. The zero-order chi connectivity index (χ0) is 13.7. The Balaban J connectivity index is 1.80. The lowest BCUT2D eigenvalue weighted by molar-refractivity contribution is -0.124. The summed E-state index contributed by atoms with van der Waals surface area (Å²) in [5.41, 5.74) is -0.0471. The molecule has 4 heteroatoms. The molecule has 1 amide bonds. The lowest BCUT2D eigenvalue weighted by Gasteiger charge is -2.31. The van der Waals surface area contributed by atoms with Crippen molar-refractivity contribution in [2.24, 2.45) is 11.3 Å². The Bertz CT molecular complexity index is 301. The van der Waals surface area contributed by atoms with E-state index in [1.54, 1.807) is 0 Å². The van der Waals surface area contributed by atoms with Crippen LogP contribution in [0.15, 0.2) is 0 Å². The molecule has 0 aromatic rings. The Morgan fingerprint density at radius 2 is 2.16 bits per heavy atom. The van der Waals surface area contributed by atoms with Crippen molar-refractivity contribution in [3.8, 4) is 0 Å². The molecule has 0 aromatic heterocycles. The molecule has 1 saturated heterocycles. The average molecular weight is 268 g/mol. The predicted molar refractivity (Wildman–Crippen MR) is 75.8 cm³/mol. The van der Waals surface area contributed by atoms with Gasteiger partial charge in [-0.05, 0) is 38.1 Å². The van der Waals surface area contributed by atoms with Crippen molar-refractivity contribution >= 4 is 5.91 Å². The van der Waals surface area contributed by atoms with Gasteiger partial charge in [-0.1, -0.05) is 26.2 Å². The maximum atomic E-state index is 12.2. The molecule has 0 bridgehead atoms. The van der Waals surface area contributed by atoms with Crippen LogP contribution in [-0.2, 0) is 4.79 Å². The van der Waals surface area contributed by atoms with E-state index in [-0.39, 0.29) is 24.0 Å². The van der Waals surface area contributed by atoms with E-state index in [0.717, 1.165) is 32.2 Å². The van der Waals surface area contributed by atoms with Gasteiger partial charge < -0.3 is 15.7 Å². The van der Waals surface area contributed by atoms with Crippen LogP contribution in [0, 0.1) is 11.3 Å². The summed E-state index contributed by atoms with van der Waals surface area (Å²) in [7, 11) is 0. The third kappa shape index (κ3) is 3.69. The highest BCUT2D eigenvalue weighted by Crippen LogP contribution is 2.36. The van der Waals surface area contributed by atoms with Crippen LogP contribution in [0.5, 0.6) is 0 Å². The summed E-state index contributed by atoms with van der Waals surface area (Å²) in [4.78, 5) is 12.2. The molecule has 1 aliphatic heterocycles. The maximum Gasteiger partial charge on any atom is 0.237 e. The van der Waals surface area contributed by atoms with E-state index < -0.39 is 0 Å². The Labute approximate surface area is 116 Å². The summed E-state index contributed by atoms with van der Waals surface area (Å²) in [5, 5.41) is 15.9. The largest absolute Gasteiger partial charge is 0.396 e. The molecule has 0 aromatic carbocycles. The van der Waals surface area contributed by atoms with E-state index in [0.29, 0.717) is 12.5 Å².